The van der Waals surface area contributed by atoms with Gasteiger partial charge in [0, 0.05) is 11.4 Å². The first kappa shape index (κ1) is 13.6. The van der Waals surface area contributed by atoms with Gasteiger partial charge in [-0.1, -0.05) is 20.3 Å². The van der Waals surface area contributed by atoms with Crippen LogP contribution >= 0.6 is 39.0 Å². The molecule has 0 bridgehead atoms. The lowest BCUT2D eigenvalue weighted by atomic mass is 10.2. The zero-order valence-corrected chi connectivity index (χ0v) is 12.4. The van der Waals surface area contributed by atoms with Crippen molar-refractivity contribution in [2.45, 2.75) is 25.5 Å². The van der Waals surface area contributed by atoms with Crippen molar-refractivity contribution in [2.24, 2.45) is 11.7 Å². The van der Waals surface area contributed by atoms with Gasteiger partial charge in [-0.25, -0.2) is 0 Å². The quantitative estimate of drug-likeness (QED) is 0.848. The molecule has 2 N–H and O–H groups in total. The lowest BCUT2D eigenvalue weighted by Gasteiger charge is -2.15. The van der Waals surface area contributed by atoms with Crippen LogP contribution < -0.4 is 5.73 Å². The third kappa shape index (κ3) is 4.47. The Morgan fingerprint density at radius 2 is 2.27 bits per heavy atom. The summed E-state index contributed by atoms with van der Waals surface area (Å²) in [5.41, 5.74) is 5.81. The van der Waals surface area contributed by atoms with Crippen LogP contribution in [0.5, 0.6) is 0 Å². The minimum Gasteiger partial charge on any atom is -0.329 e. The van der Waals surface area contributed by atoms with E-state index in [2.05, 4.69) is 41.9 Å². The summed E-state index contributed by atoms with van der Waals surface area (Å²) in [5, 5.41) is 0.468. The monoisotopic (exact) mass is 307 g/mol. The Morgan fingerprint density at radius 1 is 1.53 bits per heavy atom. The maximum atomic E-state index is 5.81. The molecule has 0 saturated heterocycles. The minimum absolute atomic E-state index is 0.468. The molecule has 1 heterocycles. The van der Waals surface area contributed by atoms with Gasteiger partial charge in [0.05, 0.1) is 9.04 Å². The molecule has 1 rings (SSSR count). The summed E-state index contributed by atoms with van der Waals surface area (Å²) in [6.07, 6.45) is 1.25. The smallest absolute Gasteiger partial charge is 0.0701 e. The van der Waals surface area contributed by atoms with E-state index < -0.39 is 0 Å². The van der Waals surface area contributed by atoms with Crippen molar-refractivity contribution in [1.82, 2.24) is 0 Å². The van der Waals surface area contributed by atoms with Gasteiger partial charge in [-0.15, -0.1) is 11.3 Å². The first-order chi connectivity index (χ1) is 7.17. The van der Waals surface area contributed by atoms with Crippen LogP contribution in [0.2, 0.25) is 0 Å². The molecule has 0 aliphatic heterocycles. The van der Waals surface area contributed by atoms with Gasteiger partial charge in [-0.05, 0) is 39.7 Å². The Bertz CT molecular complexity index is 288. The van der Waals surface area contributed by atoms with Gasteiger partial charge in [-0.3, -0.25) is 0 Å². The van der Waals surface area contributed by atoms with Gasteiger partial charge in [0.25, 0.3) is 0 Å². The number of thioether (sulfide) groups is 1. The first-order valence-corrected chi connectivity index (χ1v) is 7.90. The molecule has 4 heteroatoms. The molecule has 1 aromatic heterocycles. The lowest BCUT2D eigenvalue weighted by Crippen LogP contribution is -2.10. The summed E-state index contributed by atoms with van der Waals surface area (Å²) in [6.45, 7) is 5.27. The highest BCUT2D eigenvalue weighted by Crippen LogP contribution is 2.35. The minimum atomic E-state index is 0.468. The average molecular weight is 308 g/mol. The van der Waals surface area contributed by atoms with Crippen molar-refractivity contribution >= 4 is 39.0 Å². The average Bonchev–Trinajstić information content (AvgIpc) is 2.65. The lowest BCUT2D eigenvalue weighted by molar-refractivity contribution is 0.635. The molecule has 0 aliphatic carbocycles. The summed E-state index contributed by atoms with van der Waals surface area (Å²) >= 11 is 7.27. The fourth-order valence-corrected chi connectivity index (χ4v) is 4.11. The van der Waals surface area contributed by atoms with E-state index in [-0.39, 0.29) is 0 Å². The fraction of sp³-hybridized carbons (Fsp3) is 0.636. The summed E-state index contributed by atoms with van der Waals surface area (Å²) in [6, 6.07) is 4.28. The van der Waals surface area contributed by atoms with E-state index in [1.807, 2.05) is 11.8 Å². The number of rotatable bonds is 6. The highest BCUT2D eigenvalue weighted by Gasteiger charge is 2.13. The second-order valence-corrected chi connectivity index (χ2v) is 7.44. The van der Waals surface area contributed by atoms with E-state index in [1.165, 1.54) is 20.8 Å². The summed E-state index contributed by atoms with van der Waals surface area (Å²) < 4.78 is 1.19. The van der Waals surface area contributed by atoms with E-state index in [0.29, 0.717) is 5.25 Å². The molecule has 0 saturated carbocycles. The van der Waals surface area contributed by atoms with Crippen molar-refractivity contribution in [3.63, 3.8) is 0 Å². The van der Waals surface area contributed by atoms with E-state index in [4.69, 9.17) is 5.73 Å². The van der Waals surface area contributed by atoms with Gasteiger partial charge >= 0.3 is 0 Å². The zero-order chi connectivity index (χ0) is 11.3. The van der Waals surface area contributed by atoms with E-state index >= 15 is 0 Å². The van der Waals surface area contributed by atoms with Gasteiger partial charge in [0.15, 0.2) is 0 Å². The van der Waals surface area contributed by atoms with Crippen molar-refractivity contribution in [1.29, 1.82) is 0 Å². The molecule has 1 nitrogen and oxygen atoms in total. The Hall–Kier alpha value is 0.490. The predicted molar refractivity (Wildman–Crippen MR) is 75.7 cm³/mol. The maximum Gasteiger partial charge on any atom is 0.0701 e. The third-order valence-corrected chi connectivity index (χ3v) is 5.90. The molecule has 0 radical (unpaired) electrons. The fourth-order valence-electron chi connectivity index (χ4n) is 1.17. The Kier molecular flexibility index (Phi) is 6.27. The SMILES string of the molecule is CCC(C)CSC(CN)c1ccc(Br)s1. The molecular weight excluding hydrogens is 290 g/mol. The molecule has 2 atom stereocenters. The Labute approximate surface area is 109 Å². The van der Waals surface area contributed by atoms with Crippen LogP contribution in [0.15, 0.2) is 15.9 Å². The third-order valence-electron chi connectivity index (χ3n) is 2.40. The number of halogens is 1. The molecule has 1 aromatic rings. The van der Waals surface area contributed by atoms with Crippen molar-refractivity contribution in [3.8, 4) is 0 Å². The van der Waals surface area contributed by atoms with Gasteiger partial charge in [0.2, 0.25) is 0 Å². The highest BCUT2D eigenvalue weighted by atomic mass is 79.9. The maximum absolute atomic E-state index is 5.81. The van der Waals surface area contributed by atoms with E-state index in [0.717, 1.165) is 12.5 Å². The van der Waals surface area contributed by atoms with Crippen LogP contribution in [-0.2, 0) is 0 Å². The second kappa shape index (κ2) is 6.94. The molecule has 0 spiro atoms. The standard InChI is InChI=1S/C11H18BrNS2/c1-3-8(2)7-14-10(6-13)9-4-5-11(12)15-9/h4-5,8,10H,3,6-7,13H2,1-2H3. The van der Waals surface area contributed by atoms with E-state index in [1.54, 1.807) is 11.3 Å². The molecule has 15 heavy (non-hydrogen) atoms. The Morgan fingerprint density at radius 3 is 2.73 bits per heavy atom. The summed E-state index contributed by atoms with van der Waals surface area (Å²) in [4.78, 5) is 1.39. The number of thiophene rings is 1. The molecule has 0 aromatic carbocycles. The molecule has 0 fully saturated rings. The van der Waals surface area contributed by atoms with Crippen LogP contribution in [0.1, 0.15) is 30.4 Å². The second-order valence-electron chi connectivity index (χ2n) is 3.71. The molecule has 0 aliphatic rings. The van der Waals surface area contributed by atoms with Crippen LogP contribution in [0.25, 0.3) is 0 Å². The van der Waals surface area contributed by atoms with Crippen LogP contribution in [-0.4, -0.2) is 12.3 Å². The number of nitrogens with two attached hydrogens (primary N) is 1. The highest BCUT2D eigenvalue weighted by molar-refractivity contribution is 9.11. The summed E-state index contributed by atoms with van der Waals surface area (Å²) in [5.74, 6) is 1.99. The van der Waals surface area contributed by atoms with Gasteiger partial charge in [0.1, 0.15) is 0 Å². The zero-order valence-electron chi connectivity index (χ0n) is 9.20. The van der Waals surface area contributed by atoms with Crippen LogP contribution in [0, 0.1) is 5.92 Å². The van der Waals surface area contributed by atoms with Crippen LogP contribution in [0.3, 0.4) is 0 Å². The summed E-state index contributed by atoms with van der Waals surface area (Å²) in [7, 11) is 0. The molecular formula is C11H18BrNS2. The van der Waals surface area contributed by atoms with Crippen LogP contribution in [0.4, 0.5) is 0 Å². The first-order valence-electron chi connectivity index (χ1n) is 5.24. The van der Waals surface area contributed by atoms with Crippen molar-refractivity contribution in [3.05, 3.63) is 20.8 Å². The normalized spacial score (nSPS) is 15.2. The molecule has 2 unspecified atom stereocenters. The largest absolute Gasteiger partial charge is 0.329 e. The topological polar surface area (TPSA) is 26.0 Å². The Balaban J connectivity index is 2.49. The van der Waals surface area contributed by atoms with Gasteiger partial charge in [-0.2, -0.15) is 11.8 Å². The number of hydrogen-bond acceptors (Lipinski definition) is 3. The van der Waals surface area contributed by atoms with Crippen molar-refractivity contribution in [2.75, 3.05) is 12.3 Å². The molecule has 86 valence electrons. The predicted octanol–water partition coefficient (Wildman–Crippen LogP) is 4.29. The van der Waals surface area contributed by atoms with Crippen molar-refractivity contribution < 1.29 is 0 Å². The van der Waals surface area contributed by atoms with E-state index in [9.17, 15) is 0 Å². The molecule has 0 amide bonds. The van der Waals surface area contributed by atoms with Gasteiger partial charge < -0.3 is 5.73 Å². The number of hydrogen-bond donors (Lipinski definition) is 1.